The minimum Gasteiger partial charge on any atom is -1.00 e. The number of benzene rings is 2. The van der Waals surface area contributed by atoms with Gasteiger partial charge in [-0.05, 0) is 43.5 Å². The minimum absolute atomic E-state index is 0. The number of carbonyl (C=O) groups excluding carboxylic acids is 4. The topological polar surface area (TPSA) is 142 Å². The summed E-state index contributed by atoms with van der Waals surface area (Å²) in [6, 6.07) is 9.03. The van der Waals surface area contributed by atoms with Crippen LogP contribution in [0.3, 0.4) is 0 Å². The number of rotatable bonds is 16. The van der Waals surface area contributed by atoms with E-state index >= 15 is 0 Å². The summed E-state index contributed by atoms with van der Waals surface area (Å²) >= 11 is 0. The Morgan fingerprint density at radius 1 is 0.516 bits per heavy atom. The van der Waals surface area contributed by atoms with E-state index in [0.29, 0.717) is 65.1 Å². The fourth-order valence-corrected chi connectivity index (χ4v) is 11.6. The maximum atomic E-state index is 13.8. The molecule has 7 rings (SSSR count). The fraction of sp³-hybridized carbons (Fsp3) is 0.667. The van der Waals surface area contributed by atoms with Crippen LogP contribution in [0.4, 0.5) is 0 Å². The molecular formula is C48H68Br2N2O12. The summed E-state index contributed by atoms with van der Waals surface area (Å²) < 4.78 is 48.0. The highest BCUT2D eigenvalue weighted by molar-refractivity contribution is 5.77. The molecule has 4 aliphatic heterocycles. The number of methoxy groups -OCH3 is 4. The van der Waals surface area contributed by atoms with Gasteiger partial charge in [-0.1, -0.05) is 20.3 Å². The molecule has 4 heterocycles. The predicted octanol–water partition coefficient (Wildman–Crippen LogP) is 1.23. The maximum Gasteiger partial charge on any atom is 0.311 e. The van der Waals surface area contributed by atoms with Gasteiger partial charge in [0.2, 0.25) is 11.5 Å². The Balaban J connectivity index is 0.00000385. The quantitative estimate of drug-likeness (QED) is 0.136. The second-order valence-electron chi connectivity index (χ2n) is 18.7. The van der Waals surface area contributed by atoms with E-state index in [-0.39, 0.29) is 94.7 Å². The molecule has 2 aromatic carbocycles. The number of piperidine rings is 2. The zero-order chi connectivity index (χ0) is 44.3. The molecule has 1 saturated carbocycles. The standard InChI is InChI=1S/C48H68N2O12.2BrH/c1-9-43(51)61-45-39(55-5)18-29(19-40(45)56-6)27-49(3)33-14-15-34(49)24-37(23-33)59-47(53)31-12-11-13-32(22-31)48(54)60-38-25-35-16-17-36(26-38)50(35,4)28-30-20-41(57-7)46(42(21-30)58-8)62-44(52)10-2;;/h18-21,31-38H,9-17,22-28H2,1-8H3;2*1H/q+2;;/p-2. The number of esters is 4. The van der Waals surface area contributed by atoms with Crippen LogP contribution in [-0.2, 0) is 41.7 Å². The van der Waals surface area contributed by atoms with E-state index in [1.165, 1.54) is 0 Å². The summed E-state index contributed by atoms with van der Waals surface area (Å²) in [5.41, 5.74) is 2.06. The average Bonchev–Trinajstić information content (AvgIpc) is 3.49. The average molecular weight is 1020 g/mol. The first-order valence-electron chi connectivity index (χ1n) is 22.8. The summed E-state index contributed by atoms with van der Waals surface area (Å²) in [6.45, 7) is 4.98. The molecule has 0 N–H and O–H groups in total. The molecule has 4 bridgehead atoms. The molecule has 6 atom stereocenters. The van der Waals surface area contributed by atoms with Crippen LogP contribution >= 0.6 is 0 Å². The first-order valence-corrected chi connectivity index (χ1v) is 22.8. The van der Waals surface area contributed by atoms with Gasteiger partial charge in [-0.25, -0.2) is 0 Å². The lowest BCUT2D eigenvalue weighted by molar-refractivity contribution is -0.961. The Labute approximate surface area is 399 Å². The summed E-state index contributed by atoms with van der Waals surface area (Å²) in [5.74, 6) is 0.735. The number of quaternary nitrogens is 2. The Bertz CT molecular complexity index is 1780. The number of carbonyl (C=O) groups is 4. The van der Waals surface area contributed by atoms with Gasteiger partial charge >= 0.3 is 23.9 Å². The molecule has 1 aliphatic carbocycles. The van der Waals surface area contributed by atoms with Crippen molar-refractivity contribution in [3.05, 3.63) is 35.4 Å². The van der Waals surface area contributed by atoms with E-state index in [1.807, 2.05) is 24.3 Å². The highest BCUT2D eigenvalue weighted by Gasteiger charge is 2.54. The van der Waals surface area contributed by atoms with Crippen molar-refractivity contribution >= 4 is 23.9 Å². The van der Waals surface area contributed by atoms with Crippen LogP contribution < -0.4 is 62.4 Å². The lowest BCUT2D eigenvalue weighted by Crippen LogP contribution is -3.00. The monoisotopic (exact) mass is 1020 g/mol. The molecule has 2 aromatic rings. The van der Waals surface area contributed by atoms with Crippen LogP contribution in [0.2, 0.25) is 0 Å². The molecule has 16 heteroatoms. The number of nitrogens with zero attached hydrogens (tertiary/aromatic N) is 2. The SMILES string of the molecule is CCC(=O)Oc1c(OC)cc(C[N+]2(C)C3CCC2CC(OC(=O)C2CCCC(C(=O)OC4CC5CCC(C4)[N+]5(C)Cc4cc(OC)c(OC(=O)CC)c(OC)c4)C2)C3)cc1OC.[Br-].[Br-]. The van der Waals surface area contributed by atoms with Crippen LogP contribution in [0.15, 0.2) is 24.3 Å². The van der Waals surface area contributed by atoms with Gasteiger partial charge in [-0.3, -0.25) is 19.2 Å². The lowest BCUT2D eigenvalue weighted by Gasteiger charge is -2.47. The van der Waals surface area contributed by atoms with Crippen molar-refractivity contribution in [3.63, 3.8) is 0 Å². The zero-order valence-corrected chi connectivity index (χ0v) is 42.0. The Kier molecular flexibility index (Phi) is 17.5. The Hall–Kier alpha value is -3.60. The van der Waals surface area contributed by atoms with Crippen molar-refractivity contribution in [3.8, 4) is 34.5 Å². The number of ether oxygens (including phenoxy) is 8. The third-order valence-corrected chi connectivity index (χ3v) is 15.1. The first kappa shape index (κ1) is 51.4. The van der Waals surface area contributed by atoms with Crippen LogP contribution in [0.25, 0.3) is 0 Å². The highest BCUT2D eigenvalue weighted by atomic mass is 79.9. The van der Waals surface area contributed by atoms with Crippen molar-refractivity contribution in [1.29, 1.82) is 0 Å². The lowest BCUT2D eigenvalue weighted by atomic mass is 9.81. The number of hydrogen-bond donors (Lipinski definition) is 0. The maximum absolute atomic E-state index is 13.8. The predicted molar refractivity (Wildman–Crippen MR) is 228 cm³/mol. The van der Waals surface area contributed by atoms with Crippen molar-refractivity contribution in [2.24, 2.45) is 11.8 Å². The molecule has 64 heavy (non-hydrogen) atoms. The van der Waals surface area contributed by atoms with Crippen molar-refractivity contribution in [1.82, 2.24) is 0 Å². The van der Waals surface area contributed by atoms with E-state index in [9.17, 15) is 19.2 Å². The number of hydrogen-bond acceptors (Lipinski definition) is 12. The van der Waals surface area contributed by atoms with Crippen LogP contribution in [0, 0.1) is 11.8 Å². The van der Waals surface area contributed by atoms with Gasteiger partial charge in [0.05, 0.1) is 78.5 Å². The highest BCUT2D eigenvalue weighted by Crippen LogP contribution is 2.48. The van der Waals surface area contributed by atoms with Crippen LogP contribution in [-0.4, -0.2) is 112 Å². The summed E-state index contributed by atoms with van der Waals surface area (Å²) in [7, 11) is 10.8. The van der Waals surface area contributed by atoms with E-state index in [1.54, 1.807) is 42.3 Å². The normalized spacial score (nSPS) is 30.1. The molecule has 5 fully saturated rings. The molecule has 14 nitrogen and oxygen atoms in total. The van der Waals surface area contributed by atoms with E-state index in [2.05, 4.69) is 14.1 Å². The molecule has 0 radical (unpaired) electrons. The van der Waals surface area contributed by atoms with E-state index in [0.717, 1.165) is 104 Å². The molecule has 356 valence electrons. The van der Waals surface area contributed by atoms with Gasteiger partial charge in [-0.15, -0.1) is 0 Å². The van der Waals surface area contributed by atoms with Crippen molar-refractivity contribution in [2.75, 3.05) is 42.5 Å². The molecule has 4 saturated heterocycles. The number of fused-ring (bicyclic) bond motifs is 4. The molecule has 0 amide bonds. The van der Waals surface area contributed by atoms with Crippen LogP contribution in [0.1, 0.15) is 115 Å². The van der Waals surface area contributed by atoms with Gasteiger partial charge in [-0.2, -0.15) is 0 Å². The van der Waals surface area contributed by atoms with Gasteiger partial charge in [0.15, 0.2) is 23.0 Å². The second-order valence-corrected chi connectivity index (χ2v) is 18.7. The molecular weight excluding hydrogens is 956 g/mol. The summed E-state index contributed by atoms with van der Waals surface area (Å²) in [5, 5.41) is 0. The largest absolute Gasteiger partial charge is 1.00 e. The second kappa shape index (κ2) is 21.8. The van der Waals surface area contributed by atoms with Gasteiger partial charge in [0.1, 0.15) is 25.3 Å². The molecule has 0 aromatic heterocycles. The van der Waals surface area contributed by atoms with Gasteiger partial charge in [0, 0.05) is 75.3 Å². The summed E-state index contributed by atoms with van der Waals surface area (Å²) in [4.78, 5) is 51.8. The Morgan fingerprint density at radius 3 is 1.11 bits per heavy atom. The van der Waals surface area contributed by atoms with Crippen molar-refractivity contribution in [2.45, 2.75) is 153 Å². The van der Waals surface area contributed by atoms with Crippen molar-refractivity contribution < 1.29 is 100 Å². The van der Waals surface area contributed by atoms with Gasteiger partial charge in [0.25, 0.3) is 0 Å². The summed E-state index contributed by atoms with van der Waals surface area (Å²) in [6.07, 6.45) is 10.3. The zero-order valence-electron chi connectivity index (χ0n) is 38.8. The molecule has 5 aliphatic rings. The van der Waals surface area contributed by atoms with Crippen LogP contribution in [0.5, 0.6) is 34.5 Å². The minimum atomic E-state index is -0.360. The smallest absolute Gasteiger partial charge is 0.311 e. The first-order chi connectivity index (χ1) is 29.7. The van der Waals surface area contributed by atoms with E-state index in [4.69, 9.17) is 37.9 Å². The molecule has 0 spiro atoms. The fourth-order valence-electron chi connectivity index (χ4n) is 11.6. The molecule has 6 unspecified atom stereocenters. The number of halogens is 2. The van der Waals surface area contributed by atoms with Gasteiger partial charge < -0.3 is 80.8 Å². The Morgan fingerprint density at radius 2 is 0.828 bits per heavy atom. The third kappa shape index (κ3) is 10.7. The third-order valence-electron chi connectivity index (χ3n) is 15.1. The van der Waals surface area contributed by atoms with E-state index < -0.39 is 0 Å².